The molecule has 0 fully saturated rings. The Hall–Kier alpha value is -2.47. The van der Waals surface area contributed by atoms with Gasteiger partial charge in [0.15, 0.2) is 11.5 Å². The second-order valence-electron chi connectivity index (χ2n) is 4.99. The van der Waals surface area contributed by atoms with E-state index < -0.39 is 0 Å². The van der Waals surface area contributed by atoms with Crippen LogP contribution in [-0.2, 0) is 6.61 Å². The second kappa shape index (κ2) is 6.81. The fourth-order valence-electron chi connectivity index (χ4n) is 2.28. The smallest absolute Gasteiger partial charge is 0.162 e. The van der Waals surface area contributed by atoms with Crippen molar-refractivity contribution < 1.29 is 9.47 Å². The van der Waals surface area contributed by atoms with E-state index in [1.54, 1.807) is 18.2 Å². The number of hydrogen-bond acceptors (Lipinski definition) is 3. The zero-order valence-corrected chi connectivity index (χ0v) is 12.6. The van der Waals surface area contributed by atoms with E-state index in [0.717, 1.165) is 5.56 Å². The van der Waals surface area contributed by atoms with E-state index in [4.69, 9.17) is 14.7 Å². The minimum Gasteiger partial charge on any atom is -0.490 e. The molecule has 3 nitrogen and oxygen atoms in total. The Morgan fingerprint density at radius 1 is 0.952 bits per heavy atom. The average Bonchev–Trinajstić information content (AvgIpc) is 2.45. The Morgan fingerprint density at radius 3 is 2.29 bits per heavy atom. The molecule has 3 heteroatoms. The molecule has 0 saturated carbocycles. The molecule has 2 rings (SSSR count). The largest absolute Gasteiger partial charge is 0.490 e. The number of benzene rings is 2. The molecule has 2 aromatic rings. The zero-order valence-electron chi connectivity index (χ0n) is 12.6. The summed E-state index contributed by atoms with van der Waals surface area (Å²) >= 11 is 0. The average molecular weight is 281 g/mol. The maximum absolute atomic E-state index is 8.94. The number of nitriles is 1. The van der Waals surface area contributed by atoms with Crippen molar-refractivity contribution in [1.82, 2.24) is 0 Å². The van der Waals surface area contributed by atoms with Crippen molar-refractivity contribution in [3.63, 3.8) is 0 Å². The van der Waals surface area contributed by atoms with Crippen molar-refractivity contribution in [1.29, 1.82) is 5.26 Å². The van der Waals surface area contributed by atoms with Crippen LogP contribution in [0.2, 0.25) is 0 Å². The van der Waals surface area contributed by atoms with Gasteiger partial charge in [0.2, 0.25) is 0 Å². The van der Waals surface area contributed by atoms with Gasteiger partial charge in [-0.2, -0.15) is 5.26 Å². The Labute approximate surface area is 125 Å². The quantitative estimate of drug-likeness (QED) is 0.826. The highest BCUT2D eigenvalue weighted by Gasteiger charge is 2.07. The van der Waals surface area contributed by atoms with Crippen LogP contribution in [0.1, 0.15) is 29.2 Å². The molecule has 0 bridgehead atoms. The Morgan fingerprint density at radius 2 is 1.67 bits per heavy atom. The minimum atomic E-state index is 0.481. The van der Waals surface area contributed by atoms with E-state index in [1.807, 2.05) is 6.92 Å². The lowest BCUT2D eigenvalue weighted by Gasteiger charge is -2.13. The summed E-state index contributed by atoms with van der Waals surface area (Å²) in [6.45, 7) is 7.07. The highest BCUT2D eigenvalue weighted by atomic mass is 16.5. The highest BCUT2D eigenvalue weighted by molar-refractivity contribution is 5.47. The molecular formula is C18H19NO2. The predicted molar refractivity (Wildman–Crippen MR) is 82.6 cm³/mol. The number of nitrogens with zero attached hydrogens (tertiary/aromatic N) is 1. The molecule has 0 aliphatic heterocycles. The summed E-state index contributed by atoms with van der Waals surface area (Å²) in [5, 5.41) is 8.94. The topological polar surface area (TPSA) is 42.2 Å². The van der Waals surface area contributed by atoms with Crippen molar-refractivity contribution in [2.45, 2.75) is 27.4 Å². The monoisotopic (exact) mass is 281 g/mol. The SMILES string of the molecule is CCOc1cc(C#N)ccc1OCc1cc(C)cc(C)c1. The van der Waals surface area contributed by atoms with Crippen LogP contribution in [0.25, 0.3) is 0 Å². The molecule has 0 heterocycles. The summed E-state index contributed by atoms with van der Waals surface area (Å²) in [4.78, 5) is 0. The standard InChI is InChI=1S/C18H19NO2/c1-4-20-18-10-15(11-19)5-6-17(18)21-12-16-8-13(2)7-14(3)9-16/h5-10H,4,12H2,1-3H3. The fourth-order valence-corrected chi connectivity index (χ4v) is 2.28. The third-order valence-electron chi connectivity index (χ3n) is 3.05. The maximum atomic E-state index is 8.94. The van der Waals surface area contributed by atoms with Gasteiger partial charge in [0.05, 0.1) is 18.2 Å². The lowest BCUT2D eigenvalue weighted by molar-refractivity contribution is 0.269. The summed E-state index contributed by atoms with van der Waals surface area (Å²) in [6.07, 6.45) is 0. The third kappa shape index (κ3) is 4.00. The van der Waals surface area contributed by atoms with Crippen LogP contribution < -0.4 is 9.47 Å². The molecule has 108 valence electrons. The van der Waals surface area contributed by atoms with Crippen molar-refractivity contribution in [3.05, 3.63) is 58.7 Å². The molecular weight excluding hydrogens is 262 g/mol. The second-order valence-corrected chi connectivity index (χ2v) is 4.99. The number of rotatable bonds is 5. The lowest BCUT2D eigenvalue weighted by Crippen LogP contribution is -2.00. The molecule has 0 aliphatic carbocycles. The molecule has 2 aromatic carbocycles. The van der Waals surface area contributed by atoms with E-state index in [0.29, 0.717) is 30.3 Å². The van der Waals surface area contributed by atoms with Gasteiger partial charge in [0, 0.05) is 6.07 Å². The van der Waals surface area contributed by atoms with E-state index in [2.05, 4.69) is 38.1 Å². The molecule has 0 spiro atoms. The Bertz CT molecular complexity index is 651. The molecule has 21 heavy (non-hydrogen) atoms. The first kappa shape index (κ1) is 14.9. The normalized spacial score (nSPS) is 10.0. The first-order valence-electron chi connectivity index (χ1n) is 6.99. The van der Waals surface area contributed by atoms with Gasteiger partial charge in [-0.05, 0) is 38.5 Å². The Balaban J connectivity index is 2.17. The van der Waals surface area contributed by atoms with Crippen LogP contribution in [-0.4, -0.2) is 6.61 Å². The highest BCUT2D eigenvalue weighted by Crippen LogP contribution is 2.29. The van der Waals surface area contributed by atoms with Gasteiger partial charge in [-0.1, -0.05) is 29.3 Å². The van der Waals surface area contributed by atoms with Crippen LogP contribution in [0.15, 0.2) is 36.4 Å². The first-order chi connectivity index (χ1) is 10.1. The molecule has 0 amide bonds. The van der Waals surface area contributed by atoms with Gasteiger partial charge in [-0.3, -0.25) is 0 Å². The van der Waals surface area contributed by atoms with Crippen molar-refractivity contribution in [3.8, 4) is 17.6 Å². The summed E-state index contributed by atoms with van der Waals surface area (Å²) in [6, 6.07) is 13.7. The molecule has 0 unspecified atom stereocenters. The molecule has 0 saturated heterocycles. The van der Waals surface area contributed by atoms with Crippen molar-refractivity contribution in [2.75, 3.05) is 6.61 Å². The van der Waals surface area contributed by atoms with E-state index >= 15 is 0 Å². The van der Waals surface area contributed by atoms with Crippen LogP contribution in [0.3, 0.4) is 0 Å². The van der Waals surface area contributed by atoms with Gasteiger partial charge in [-0.25, -0.2) is 0 Å². The molecule has 0 radical (unpaired) electrons. The molecule has 0 aromatic heterocycles. The van der Waals surface area contributed by atoms with E-state index in [9.17, 15) is 0 Å². The summed E-state index contributed by atoms with van der Waals surface area (Å²) in [7, 11) is 0. The third-order valence-corrected chi connectivity index (χ3v) is 3.05. The lowest BCUT2D eigenvalue weighted by atomic mass is 10.1. The maximum Gasteiger partial charge on any atom is 0.162 e. The van der Waals surface area contributed by atoms with Gasteiger partial charge in [0.1, 0.15) is 6.61 Å². The van der Waals surface area contributed by atoms with Gasteiger partial charge < -0.3 is 9.47 Å². The number of ether oxygens (including phenoxy) is 2. The zero-order chi connectivity index (χ0) is 15.2. The van der Waals surface area contributed by atoms with Gasteiger partial charge >= 0.3 is 0 Å². The van der Waals surface area contributed by atoms with E-state index in [1.165, 1.54) is 11.1 Å². The fraction of sp³-hybridized carbons (Fsp3) is 0.278. The number of hydrogen-bond donors (Lipinski definition) is 0. The van der Waals surface area contributed by atoms with Crippen LogP contribution in [0.4, 0.5) is 0 Å². The summed E-state index contributed by atoms with van der Waals surface area (Å²) in [5.74, 6) is 1.27. The molecule has 0 atom stereocenters. The van der Waals surface area contributed by atoms with Crippen molar-refractivity contribution in [2.24, 2.45) is 0 Å². The Kier molecular flexibility index (Phi) is 4.84. The van der Waals surface area contributed by atoms with Gasteiger partial charge in [-0.15, -0.1) is 0 Å². The molecule has 0 aliphatic rings. The van der Waals surface area contributed by atoms with Crippen LogP contribution in [0.5, 0.6) is 11.5 Å². The van der Waals surface area contributed by atoms with Crippen molar-refractivity contribution >= 4 is 0 Å². The summed E-state index contributed by atoms with van der Waals surface area (Å²) in [5.41, 5.74) is 4.13. The van der Waals surface area contributed by atoms with Crippen LogP contribution in [0, 0.1) is 25.2 Å². The predicted octanol–water partition coefficient (Wildman–Crippen LogP) is 4.15. The number of aryl methyl sites for hydroxylation is 2. The van der Waals surface area contributed by atoms with Gasteiger partial charge in [0.25, 0.3) is 0 Å². The first-order valence-corrected chi connectivity index (χ1v) is 6.99. The summed E-state index contributed by atoms with van der Waals surface area (Å²) < 4.78 is 11.4. The van der Waals surface area contributed by atoms with Crippen LogP contribution >= 0.6 is 0 Å². The minimum absolute atomic E-state index is 0.481. The van der Waals surface area contributed by atoms with E-state index in [-0.39, 0.29) is 0 Å². The molecule has 0 N–H and O–H groups in total.